The molecule has 9 nitrogen and oxygen atoms in total. The average molecular weight is 616 g/mol. The van der Waals surface area contributed by atoms with E-state index >= 15 is 0 Å². The lowest BCUT2D eigenvalue weighted by molar-refractivity contribution is -0.136. The second-order valence-electron chi connectivity index (χ2n) is 11.5. The lowest BCUT2D eigenvalue weighted by atomic mass is 10.1. The van der Waals surface area contributed by atoms with Crippen molar-refractivity contribution in [2.24, 2.45) is 0 Å². The van der Waals surface area contributed by atoms with Gasteiger partial charge in [-0.15, -0.1) is 0 Å². The van der Waals surface area contributed by atoms with Gasteiger partial charge >= 0.3 is 11.9 Å². The number of para-hydroxylation sites is 1. The smallest absolute Gasteiger partial charge is 0.323 e. The number of hydrogen-bond acceptors (Lipinski definition) is 7. The molecule has 0 aromatic heterocycles. The van der Waals surface area contributed by atoms with Gasteiger partial charge in [0, 0.05) is 23.9 Å². The molecule has 0 spiro atoms. The van der Waals surface area contributed by atoms with Gasteiger partial charge < -0.3 is 34.8 Å². The van der Waals surface area contributed by atoms with Crippen LogP contribution in [0.5, 0.6) is 23.0 Å². The molecule has 0 saturated heterocycles. The Hall–Kier alpha value is -3.62. The zero-order valence-corrected chi connectivity index (χ0v) is 26.5. The number of phenolic OH excluding ortho intramolecular Hbond substituents is 2. The molecule has 0 atom stereocenters. The number of aliphatic carboxylic acids is 2. The Morgan fingerprint density at radius 3 is 1.64 bits per heavy atom. The van der Waals surface area contributed by atoms with E-state index in [2.05, 4.69) is 6.92 Å². The summed E-state index contributed by atoms with van der Waals surface area (Å²) in [6.45, 7) is 2.24. The third-order valence-corrected chi connectivity index (χ3v) is 7.61. The maximum Gasteiger partial charge on any atom is 0.323 e. The van der Waals surface area contributed by atoms with Crippen molar-refractivity contribution in [2.75, 3.05) is 31.2 Å². The normalized spacial score (nSPS) is 10.9. The van der Waals surface area contributed by atoms with E-state index in [1.807, 2.05) is 0 Å². The number of aromatic hydroxyl groups is 2. The van der Waals surface area contributed by atoms with Crippen LogP contribution in [-0.2, 0) is 16.0 Å². The van der Waals surface area contributed by atoms with Crippen molar-refractivity contribution in [1.82, 2.24) is 0 Å². The highest BCUT2D eigenvalue weighted by atomic mass is 16.5. The molecule has 9 heteroatoms. The Morgan fingerprint density at radius 1 is 0.659 bits per heavy atom. The SMILES string of the molecule is CCCCCCCCCCCCCCOc1cc(OCCCCCc2cccc(O)c2O)cc(N(CC(=O)O)CC(=O)O)c1. The van der Waals surface area contributed by atoms with Crippen LogP contribution in [0.2, 0.25) is 0 Å². The highest BCUT2D eigenvalue weighted by molar-refractivity contribution is 5.80. The molecule has 0 bridgehead atoms. The van der Waals surface area contributed by atoms with Crippen molar-refractivity contribution < 1.29 is 39.5 Å². The Bertz CT molecular complexity index is 1090. The molecule has 0 aliphatic carbocycles. The molecule has 246 valence electrons. The molecule has 2 aromatic rings. The fraction of sp³-hybridized carbons (Fsp3) is 0.600. The zero-order chi connectivity index (χ0) is 32.0. The number of carbonyl (C=O) groups is 2. The van der Waals surface area contributed by atoms with Crippen molar-refractivity contribution in [3.05, 3.63) is 42.0 Å². The lowest BCUT2D eigenvalue weighted by Crippen LogP contribution is -2.34. The summed E-state index contributed by atoms with van der Waals surface area (Å²) < 4.78 is 12.0. The number of rotatable bonds is 26. The van der Waals surface area contributed by atoms with E-state index in [9.17, 15) is 30.0 Å². The van der Waals surface area contributed by atoms with Gasteiger partial charge in [-0.25, -0.2) is 0 Å². The summed E-state index contributed by atoms with van der Waals surface area (Å²) in [4.78, 5) is 24.1. The topological polar surface area (TPSA) is 137 Å². The molecule has 44 heavy (non-hydrogen) atoms. The van der Waals surface area contributed by atoms with Crippen LogP contribution in [0.1, 0.15) is 109 Å². The van der Waals surface area contributed by atoms with Gasteiger partial charge in [0.05, 0.1) is 13.2 Å². The van der Waals surface area contributed by atoms with E-state index in [0.29, 0.717) is 42.4 Å². The molecule has 0 unspecified atom stereocenters. The number of anilines is 1. The van der Waals surface area contributed by atoms with Gasteiger partial charge in [-0.1, -0.05) is 89.7 Å². The van der Waals surface area contributed by atoms with Crippen LogP contribution in [-0.4, -0.2) is 58.7 Å². The number of aryl methyl sites for hydroxylation is 1. The second-order valence-corrected chi connectivity index (χ2v) is 11.5. The van der Waals surface area contributed by atoms with E-state index < -0.39 is 25.0 Å². The van der Waals surface area contributed by atoms with Gasteiger partial charge in [0.15, 0.2) is 11.5 Å². The van der Waals surface area contributed by atoms with E-state index in [1.165, 1.54) is 75.2 Å². The number of unbranched alkanes of at least 4 members (excludes halogenated alkanes) is 13. The van der Waals surface area contributed by atoms with Crippen molar-refractivity contribution in [3.8, 4) is 23.0 Å². The van der Waals surface area contributed by atoms with Gasteiger partial charge in [-0.05, 0) is 43.7 Å². The summed E-state index contributed by atoms with van der Waals surface area (Å²) in [7, 11) is 0. The molecule has 0 amide bonds. The molecule has 0 heterocycles. The number of phenols is 2. The number of ether oxygens (including phenoxy) is 2. The van der Waals surface area contributed by atoms with Gasteiger partial charge in [0.2, 0.25) is 0 Å². The number of nitrogens with zero attached hydrogens (tertiary/aromatic N) is 1. The standard InChI is InChI=1S/C35H53NO8/c1-2-3-4-5-6-7-8-9-10-11-12-15-21-43-30-23-29(36(26-33(38)39)27-34(40)41)24-31(25-30)44-22-16-13-14-18-28-19-17-20-32(37)35(28)42/h17,19-20,23-25,37,42H,2-16,18,21-22,26-27H2,1H3,(H,38,39)(H,40,41). The highest BCUT2D eigenvalue weighted by Gasteiger charge is 2.17. The first-order chi connectivity index (χ1) is 21.3. The molecule has 0 saturated carbocycles. The Labute approximate surface area is 262 Å². The summed E-state index contributed by atoms with van der Waals surface area (Å²) in [6.07, 6.45) is 18.0. The summed E-state index contributed by atoms with van der Waals surface area (Å²) in [5.74, 6) is -1.46. The van der Waals surface area contributed by atoms with Crippen LogP contribution in [0.3, 0.4) is 0 Å². The molecule has 0 aliphatic heterocycles. The number of carboxylic acid groups (broad SMARTS) is 2. The quantitative estimate of drug-likeness (QED) is 0.0614. The lowest BCUT2D eigenvalue weighted by Gasteiger charge is -2.22. The number of carboxylic acids is 2. The molecule has 2 rings (SSSR count). The van der Waals surface area contributed by atoms with E-state index in [4.69, 9.17) is 9.47 Å². The first-order valence-electron chi connectivity index (χ1n) is 16.4. The fourth-order valence-electron chi connectivity index (χ4n) is 5.17. The minimum atomic E-state index is -1.13. The molecule has 2 aromatic carbocycles. The molecular weight excluding hydrogens is 562 g/mol. The zero-order valence-electron chi connectivity index (χ0n) is 26.5. The van der Waals surface area contributed by atoms with Crippen molar-refractivity contribution in [1.29, 1.82) is 0 Å². The van der Waals surface area contributed by atoms with Crippen LogP contribution < -0.4 is 14.4 Å². The maximum atomic E-state index is 11.4. The van der Waals surface area contributed by atoms with Crippen molar-refractivity contribution in [2.45, 2.75) is 110 Å². The summed E-state index contributed by atoms with van der Waals surface area (Å²) in [5.41, 5.74) is 1.11. The minimum Gasteiger partial charge on any atom is -0.504 e. The Balaban J connectivity index is 1.83. The minimum absolute atomic E-state index is 0.0798. The van der Waals surface area contributed by atoms with Crippen LogP contribution >= 0.6 is 0 Å². The van der Waals surface area contributed by atoms with Crippen LogP contribution in [0, 0.1) is 0 Å². The second kappa shape index (κ2) is 22.0. The van der Waals surface area contributed by atoms with E-state index in [1.54, 1.807) is 30.3 Å². The highest BCUT2D eigenvalue weighted by Crippen LogP contribution is 2.31. The predicted octanol–water partition coefficient (Wildman–Crippen LogP) is 7.95. The predicted molar refractivity (Wildman–Crippen MR) is 173 cm³/mol. The maximum absolute atomic E-state index is 11.4. The van der Waals surface area contributed by atoms with Gasteiger partial charge in [-0.2, -0.15) is 0 Å². The van der Waals surface area contributed by atoms with Gasteiger partial charge in [0.1, 0.15) is 24.6 Å². The largest absolute Gasteiger partial charge is 0.504 e. The first kappa shape index (κ1) is 36.6. The molecule has 4 N–H and O–H groups in total. The van der Waals surface area contributed by atoms with Gasteiger partial charge in [-0.3, -0.25) is 9.59 Å². The van der Waals surface area contributed by atoms with Gasteiger partial charge in [0.25, 0.3) is 0 Å². The third kappa shape index (κ3) is 15.7. The number of hydrogen-bond donors (Lipinski definition) is 4. The molecular formula is C35H53NO8. The molecule has 0 fully saturated rings. The van der Waals surface area contributed by atoms with Crippen LogP contribution in [0.4, 0.5) is 5.69 Å². The van der Waals surface area contributed by atoms with E-state index in [-0.39, 0.29) is 11.5 Å². The molecule has 0 radical (unpaired) electrons. The Kier molecular flexibility index (Phi) is 18.3. The molecule has 0 aliphatic rings. The monoisotopic (exact) mass is 615 g/mol. The summed E-state index contributed by atoms with van der Waals surface area (Å²) in [5, 5.41) is 38.3. The van der Waals surface area contributed by atoms with E-state index in [0.717, 1.165) is 32.1 Å². The summed E-state index contributed by atoms with van der Waals surface area (Å²) >= 11 is 0. The van der Waals surface area contributed by atoms with Crippen molar-refractivity contribution in [3.63, 3.8) is 0 Å². The Morgan fingerprint density at radius 2 is 1.14 bits per heavy atom. The third-order valence-electron chi connectivity index (χ3n) is 7.61. The number of benzene rings is 2. The fourth-order valence-corrected chi connectivity index (χ4v) is 5.17. The van der Waals surface area contributed by atoms with Crippen LogP contribution in [0.15, 0.2) is 36.4 Å². The van der Waals surface area contributed by atoms with Crippen LogP contribution in [0.25, 0.3) is 0 Å². The average Bonchev–Trinajstić information content (AvgIpc) is 2.98. The first-order valence-corrected chi connectivity index (χ1v) is 16.4. The van der Waals surface area contributed by atoms with Crippen molar-refractivity contribution >= 4 is 17.6 Å². The summed E-state index contributed by atoms with van der Waals surface area (Å²) in [6, 6.07) is 10.0.